The Bertz CT molecular complexity index is 656. The molecular formula is C18H25N3O6. The third kappa shape index (κ3) is 6.14. The van der Waals surface area contributed by atoms with Gasteiger partial charge in [0.15, 0.2) is 6.61 Å². The molecule has 0 bridgehead atoms. The Labute approximate surface area is 157 Å². The second-order valence-electron chi connectivity index (χ2n) is 6.21. The van der Waals surface area contributed by atoms with Crippen LogP contribution in [0.25, 0.3) is 0 Å². The minimum absolute atomic E-state index is 0.0757. The molecule has 0 spiro atoms. The second kappa shape index (κ2) is 9.77. The summed E-state index contributed by atoms with van der Waals surface area (Å²) in [5.41, 5.74) is 5.41. The number of benzene rings is 1. The van der Waals surface area contributed by atoms with E-state index < -0.39 is 12.0 Å². The molecule has 9 nitrogen and oxygen atoms in total. The van der Waals surface area contributed by atoms with E-state index in [1.165, 1.54) is 0 Å². The van der Waals surface area contributed by atoms with Crippen molar-refractivity contribution in [3.8, 4) is 11.5 Å². The molecule has 0 saturated carbocycles. The summed E-state index contributed by atoms with van der Waals surface area (Å²) < 4.78 is 10.5. The summed E-state index contributed by atoms with van der Waals surface area (Å²) >= 11 is 0. The van der Waals surface area contributed by atoms with Gasteiger partial charge in [-0.05, 0) is 30.7 Å². The number of hydrogen-bond donors (Lipinski definition) is 2. The van der Waals surface area contributed by atoms with Crippen molar-refractivity contribution in [3.63, 3.8) is 0 Å². The predicted octanol–water partition coefficient (Wildman–Crippen LogP) is -0.0631. The SMILES string of the molecule is COc1ccc(OCC(=O)N2CCN(C(=O)CC[C@H](N)C(=O)O)CC2)cc1. The van der Waals surface area contributed by atoms with Crippen LogP contribution in [-0.2, 0) is 14.4 Å². The van der Waals surface area contributed by atoms with E-state index in [1.807, 2.05) is 0 Å². The molecular weight excluding hydrogens is 354 g/mol. The Morgan fingerprint density at radius 3 is 2.07 bits per heavy atom. The number of carbonyl (C=O) groups is 3. The van der Waals surface area contributed by atoms with Gasteiger partial charge in [0, 0.05) is 32.6 Å². The molecule has 1 aromatic carbocycles. The van der Waals surface area contributed by atoms with E-state index >= 15 is 0 Å². The Balaban J connectivity index is 1.71. The zero-order valence-electron chi connectivity index (χ0n) is 15.3. The predicted molar refractivity (Wildman–Crippen MR) is 96.5 cm³/mol. The van der Waals surface area contributed by atoms with Crippen molar-refractivity contribution < 1.29 is 29.0 Å². The van der Waals surface area contributed by atoms with Crippen LogP contribution in [0.2, 0.25) is 0 Å². The number of nitrogens with zero attached hydrogens (tertiary/aromatic N) is 2. The minimum Gasteiger partial charge on any atom is -0.497 e. The molecule has 0 radical (unpaired) electrons. The summed E-state index contributed by atoms with van der Waals surface area (Å²) in [4.78, 5) is 38.3. The molecule has 1 fully saturated rings. The number of carbonyl (C=O) groups excluding carboxylic acids is 2. The van der Waals surface area contributed by atoms with Crippen LogP contribution in [0.5, 0.6) is 11.5 Å². The highest BCUT2D eigenvalue weighted by atomic mass is 16.5. The third-order valence-electron chi connectivity index (χ3n) is 4.39. The molecule has 0 unspecified atom stereocenters. The maximum atomic E-state index is 12.3. The Hall–Kier alpha value is -2.81. The van der Waals surface area contributed by atoms with Crippen LogP contribution >= 0.6 is 0 Å². The topological polar surface area (TPSA) is 122 Å². The standard InChI is InChI=1S/C18H25N3O6/c1-26-13-2-4-14(5-3-13)27-12-17(23)21-10-8-20(9-11-21)16(22)7-6-15(19)18(24)25/h2-5,15H,6-12,19H2,1H3,(H,24,25)/t15-/m0/s1. The Kier molecular flexibility index (Phi) is 7.42. The summed E-state index contributed by atoms with van der Waals surface area (Å²) in [6, 6.07) is 5.92. The monoisotopic (exact) mass is 379 g/mol. The number of amides is 2. The van der Waals surface area contributed by atoms with E-state index in [0.29, 0.717) is 37.7 Å². The van der Waals surface area contributed by atoms with Gasteiger partial charge in [-0.1, -0.05) is 0 Å². The van der Waals surface area contributed by atoms with Crippen molar-refractivity contribution in [2.24, 2.45) is 5.73 Å². The second-order valence-corrected chi connectivity index (χ2v) is 6.21. The summed E-state index contributed by atoms with van der Waals surface area (Å²) in [5.74, 6) is -0.124. The van der Waals surface area contributed by atoms with Gasteiger partial charge in [-0.15, -0.1) is 0 Å². The molecule has 1 saturated heterocycles. The van der Waals surface area contributed by atoms with Crippen LogP contribution in [0.15, 0.2) is 24.3 Å². The van der Waals surface area contributed by atoms with Gasteiger partial charge < -0.3 is 30.1 Å². The molecule has 0 aromatic heterocycles. The molecule has 148 valence electrons. The lowest BCUT2D eigenvalue weighted by atomic mass is 10.1. The molecule has 0 aliphatic carbocycles. The van der Waals surface area contributed by atoms with Gasteiger partial charge in [0.05, 0.1) is 7.11 Å². The van der Waals surface area contributed by atoms with Crippen LogP contribution < -0.4 is 15.2 Å². The first kappa shape index (κ1) is 20.5. The number of piperazine rings is 1. The largest absolute Gasteiger partial charge is 0.497 e. The van der Waals surface area contributed by atoms with Crippen molar-refractivity contribution in [1.82, 2.24) is 9.80 Å². The molecule has 2 amide bonds. The first-order valence-electron chi connectivity index (χ1n) is 8.71. The Morgan fingerprint density at radius 1 is 1.04 bits per heavy atom. The van der Waals surface area contributed by atoms with Gasteiger partial charge in [0.25, 0.3) is 5.91 Å². The van der Waals surface area contributed by atoms with Crippen molar-refractivity contribution >= 4 is 17.8 Å². The first-order chi connectivity index (χ1) is 12.9. The molecule has 1 aromatic rings. The molecule has 9 heteroatoms. The van der Waals surface area contributed by atoms with Gasteiger partial charge in [0.2, 0.25) is 5.91 Å². The van der Waals surface area contributed by atoms with E-state index in [-0.39, 0.29) is 31.3 Å². The maximum Gasteiger partial charge on any atom is 0.320 e. The molecule has 1 aliphatic rings. The van der Waals surface area contributed by atoms with Gasteiger partial charge >= 0.3 is 5.97 Å². The average Bonchev–Trinajstić information content (AvgIpc) is 2.70. The Morgan fingerprint density at radius 2 is 1.56 bits per heavy atom. The summed E-state index contributed by atoms with van der Waals surface area (Å²) in [6.45, 7) is 1.58. The molecule has 1 aliphatic heterocycles. The van der Waals surface area contributed by atoms with E-state index in [9.17, 15) is 14.4 Å². The van der Waals surface area contributed by atoms with E-state index in [4.69, 9.17) is 20.3 Å². The van der Waals surface area contributed by atoms with Crippen molar-refractivity contribution in [2.75, 3.05) is 39.9 Å². The van der Waals surface area contributed by atoms with Crippen LogP contribution in [-0.4, -0.2) is 78.6 Å². The first-order valence-corrected chi connectivity index (χ1v) is 8.71. The molecule has 2 rings (SSSR count). The van der Waals surface area contributed by atoms with Crippen LogP contribution in [0.4, 0.5) is 0 Å². The summed E-state index contributed by atoms with van der Waals surface area (Å²) in [6.07, 6.45) is 0.186. The zero-order chi connectivity index (χ0) is 19.8. The fourth-order valence-corrected chi connectivity index (χ4v) is 2.67. The zero-order valence-corrected chi connectivity index (χ0v) is 15.3. The number of carboxylic acid groups (broad SMARTS) is 1. The van der Waals surface area contributed by atoms with Gasteiger partial charge in [-0.25, -0.2) is 0 Å². The number of nitrogens with two attached hydrogens (primary N) is 1. The van der Waals surface area contributed by atoms with Crippen LogP contribution in [0, 0.1) is 0 Å². The van der Waals surface area contributed by atoms with Crippen LogP contribution in [0.3, 0.4) is 0 Å². The van der Waals surface area contributed by atoms with Crippen LogP contribution in [0.1, 0.15) is 12.8 Å². The average molecular weight is 379 g/mol. The smallest absolute Gasteiger partial charge is 0.320 e. The highest BCUT2D eigenvalue weighted by Gasteiger charge is 2.25. The summed E-state index contributed by atoms with van der Waals surface area (Å²) in [7, 11) is 1.57. The molecule has 3 N–H and O–H groups in total. The lowest BCUT2D eigenvalue weighted by Crippen LogP contribution is -2.51. The van der Waals surface area contributed by atoms with Gasteiger partial charge in [-0.2, -0.15) is 0 Å². The van der Waals surface area contributed by atoms with Crippen molar-refractivity contribution in [1.29, 1.82) is 0 Å². The van der Waals surface area contributed by atoms with Gasteiger partial charge in [-0.3, -0.25) is 14.4 Å². The van der Waals surface area contributed by atoms with E-state index in [0.717, 1.165) is 0 Å². The number of methoxy groups -OCH3 is 1. The number of hydrogen-bond acceptors (Lipinski definition) is 6. The highest BCUT2D eigenvalue weighted by molar-refractivity contribution is 5.80. The van der Waals surface area contributed by atoms with Crippen molar-refractivity contribution in [3.05, 3.63) is 24.3 Å². The number of ether oxygens (including phenoxy) is 2. The maximum absolute atomic E-state index is 12.3. The molecule has 1 heterocycles. The highest BCUT2D eigenvalue weighted by Crippen LogP contribution is 2.17. The fraction of sp³-hybridized carbons (Fsp3) is 0.500. The lowest BCUT2D eigenvalue weighted by molar-refractivity contribution is -0.141. The molecule has 27 heavy (non-hydrogen) atoms. The van der Waals surface area contributed by atoms with E-state index in [2.05, 4.69) is 0 Å². The third-order valence-corrected chi connectivity index (χ3v) is 4.39. The van der Waals surface area contributed by atoms with Crippen molar-refractivity contribution in [2.45, 2.75) is 18.9 Å². The molecule has 1 atom stereocenters. The minimum atomic E-state index is -1.12. The number of rotatable bonds is 8. The quantitative estimate of drug-likeness (QED) is 0.648. The van der Waals surface area contributed by atoms with E-state index in [1.54, 1.807) is 41.2 Å². The summed E-state index contributed by atoms with van der Waals surface area (Å²) in [5, 5.41) is 8.75. The van der Waals surface area contributed by atoms with Gasteiger partial charge in [0.1, 0.15) is 17.5 Å². The lowest BCUT2D eigenvalue weighted by Gasteiger charge is -2.34. The number of carboxylic acids is 1. The normalized spacial score (nSPS) is 15.2. The fourth-order valence-electron chi connectivity index (χ4n) is 2.67. The number of aliphatic carboxylic acids is 1.